The molecule has 2 N–H and O–H groups in total. The van der Waals surface area contributed by atoms with Gasteiger partial charge in [-0.2, -0.15) is 4.52 Å². The zero-order valence-corrected chi connectivity index (χ0v) is 13.7. The minimum atomic E-state index is -0.364. The third kappa shape index (κ3) is 2.17. The summed E-state index contributed by atoms with van der Waals surface area (Å²) in [6.07, 6.45) is 2.46. The van der Waals surface area contributed by atoms with Crippen molar-refractivity contribution < 1.29 is 4.74 Å². The number of hydrogen-bond acceptors (Lipinski definition) is 4. The highest BCUT2D eigenvalue weighted by atomic mass is 16.5. The van der Waals surface area contributed by atoms with Crippen molar-refractivity contribution in [3.05, 3.63) is 74.9 Å². The van der Waals surface area contributed by atoms with Crippen molar-refractivity contribution in [3.63, 3.8) is 0 Å². The summed E-state index contributed by atoms with van der Waals surface area (Å²) in [7, 11) is 0. The highest BCUT2D eigenvalue weighted by Crippen LogP contribution is 2.30. The lowest BCUT2D eigenvalue weighted by Crippen LogP contribution is -2.15. The summed E-state index contributed by atoms with van der Waals surface area (Å²) in [4.78, 5) is 32.4. The van der Waals surface area contributed by atoms with Crippen LogP contribution in [0.25, 0.3) is 28.2 Å². The summed E-state index contributed by atoms with van der Waals surface area (Å²) < 4.78 is 6.75. The lowest BCUT2D eigenvalue weighted by Gasteiger charge is -2.06. The van der Waals surface area contributed by atoms with Gasteiger partial charge in [0.1, 0.15) is 17.0 Å². The topological polar surface area (TPSA) is 92.2 Å². The van der Waals surface area contributed by atoms with Gasteiger partial charge in [0.2, 0.25) is 0 Å². The maximum Gasteiger partial charge on any atom is 0.276 e. The smallest absolute Gasteiger partial charge is 0.276 e. The standard InChI is InChI=1S/C19H14N4O3/c24-16-10-14(11-4-5-15-12(9-11)6-8-26-15)21-18-17(19(25)22-23(16)18)13-3-1-2-7-20-13/h1-5,7,9-10,21H,6,8H2,(H,22,25). The van der Waals surface area contributed by atoms with Gasteiger partial charge in [-0.3, -0.25) is 19.7 Å². The van der Waals surface area contributed by atoms with E-state index in [1.807, 2.05) is 18.2 Å². The van der Waals surface area contributed by atoms with Crippen LogP contribution in [0.5, 0.6) is 5.75 Å². The molecule has 1 aliphatic heterocycles. The Labute approximate surface area is 146 Å². The third-order valence-corrected chi connectivity index (χ3v) is 4.56. The first kappa shape index (κ1) is 14.7. The summed E-state index contributed by atoms with van der Waals surface area (Å²) >= 11 is 0. The fourth-order valence-corrected chi connectivity index (χ4v) is 3.33. The number of rotatable bonds is 2. The Bertz CT molecular complexity index is 1250. The molecule has 0 saturated heterocycles. The fraction of sp³-hybridized carbons (Fsp3) is 0.105. The second-order valence-electron chi connectivity index (χ2n) is 6.16. The van der Waals surface area contributed by atoms with Crippen molar-refractivity contribution in [1.82, 2.24) is 19.6 Å². The Balaban J connectivity index is 1.76. The van der Waals surface area contributed by atoms with Crippen molar-refractivity contribution in [2.24, 2.45) is 0 Å². The van der Waals surface area contributed by atoms with Crippen LogP contribution in [0, 0.1) is 0 Å². The van der Waals surface area contributed by atoms with E-state index in [0.29, 0.717) is 29.2 Å². The van der Waals surface area contributed by atoms with Crippen molar-refractivity contribution in [2.75, 3.05) is 6.61 Å². The van der Waals surface area contributed by atoms with Gasteiger partial charge >= 0.3 is 0 Å². The molecule has 0 saturated carbocycles. The molecule has 4 heterocycles. The predicted molar refractivity (Wildman–Crippen MR) is 96.5 cm³/mol. The van der Waals surface area contributed by atoms with Crippen LogP contribution in [-0.4, -0.2) is 26.2 Å². The molecule has 7 heteroatoms. The number of hydrogen-bond donors (Lipinski definition) is 2. The summed E-state index contributed by atoms with van der Waals surface area (Å²) in [6, 6.07) is 12.6. The minimum Gasteiger partial charge on any atom is -0.493 e. The molecular weight excluding hydrogens is 332 g/mol. The number of nitrogens with one attached hydrogen (secondary N) is 2. The molecule has 0 spiro atoms. The van der Waals surface area contributed by atoms with Gasteiger partial charge in [-0.1, -0.05) is 6.07 Å². The normalized spacial score (nSPS) is 12.9. The SMILES string of the molecule is O=c1[nH]n2c(=O)cc(-c3ccc4c(c3)CCO4)[nH]c2c1-c1ccccn1. The molecule has 0 fully saturated rings. The van der Waals surface area contributed by atoms with Crippen molar-refractivity contribution >= 4 is 5.65 Å². The monoisotopic (exact) mass is 346 g/mol. The van der Waals surface area contributed by atoms with E-state index in [0.717, 1.165) is 23.3 Å². The molecule has 128 valence electrons. The van der Waals surface area contributed by atoms with Gasteiger partial charge in [0.15, 0.2) is 0 Å². The maximum atomic E-state index is 12.5. The molecule has 5 rings (SSSR count). The van der Waals surface area contributed by atoms with Crippen molar-refractivity contribution in [1.29, 1.82) is 0 Å². The highest BCUT2D eigenvalue weighted by Gasteiger charge is 2.17. The Hall–Kier alpha value is -3.61. The number of pyridine rings is 1. The third-order valence-electron chi connectivity index (χ3n) is 4.56. The number of benzene rings is 1. The zero-order valence-electron chi connectivity index (χ0n) is 13.7. The second-order valence-corrected chi connectivity index (χ2v) is 6.16. The number of ether oxygens (including phenoxy) is 1. The first-order valence-electron chi connectivity index (χ1n) is 8.26. The molecule has 0 aliphatic carbocycles. The molecular formula is C19H14N4O3. The predicted octanol–water partition coefficient (Wildman–Crippen LogP) is 1.98. The minimum absolute atomic E-state index is 0.315. The van der Waals surface area contributed by atoms with Crippen LogP contribution in [-0.2, 0) is 6.42 Å². The van der Waals surface area contributed by atoms with Crippen LogP contribution in [0.1, 0.15) is 5.56 Å². The first-order valence-corrected chi connectivity index (χ1v) is 8.26. The van der Waals surface area contributed by atoms with Gasteiger partial charge in [0.25, 0.3) is 11.1 Å². The molecule has 0 atom stereocenters. The van der Waals surface area contributed by atoms with Crippen LogP contribution < -0.4 is 15.9 Å². The van der Waals surface area contributed by atoms with Gasteiger partial charge in [-0.05, 0) is 41.5 Å². The summed E-state index contributed by atoms with van der Waals surface area (Å²) in [5, 5.41) is 2.57. The van der Waals surface area contributed by atoms with Crippen LogP contribution in [0.15, 0.2) is 58.3 Å². The second kappa shape index (κ2) is 5.45. The van der Waals surface area contributed by atoms with Crippen LogP contribution in [0.4, 0.5) is 0 Å². The lowest BCUT2D eigenvalue weighted by molar-refractivity contribution is 0.357. The number of nitrogens with zero attached hydrogens (tertiary/aromatic N) is 2. The molecule has 26 heavy (non-hydrogen) atoms. The highest BCUT2D eigenvalue weighted by molar-refractivity contribution is 5.76. The summed E-state index contributed by atoms with van der Waals surface area (Å²) in [6.45, 7) is 0.672. The Morgan fingerprint density at radius 1 is 1.12 bits per heavy atom. The molecule has 7 nitrogen and oxygen atoms in total. The van der Waals surface area contributed by atoms with Gasteiger partial charge in [-0.25, -0.2) is 0 Å². The Morgan fingerprint density at radius 3 is 2.88 bits per heavy atom. The van der Waals surface area contributed by atoms with Crippen LogP contribution in [0.2, 0.25) is 0 Å². The maximum absolute atomic E-state index is 12.5. The molecule has 0 radical (unpaired) electrons. The average Bonchev–Trinajstić information content (AvgIpc) is 3.25. The number of H-pyrrole nitrogens is 2. The first-order chi connectivity index (χ1) is 12.7. The summed E-state index contributed by atoms with van der Waals surface area (Å²) in [5.74, 6) is 0.879. The van der Waals surface area contributed by atoms with E-state index < -0.39 is 0 Å². The van der Waals surface area contributed by atoms with E-state index in [1.165, 1.54) is 10.6 Å². The Kier molecular flexibility index (Phi) is 3.08. The average molecular weight is 346 g/mol. The molecule has 0 amide bonds. The fourth-order valence-electron chi connectivity index (χ4n) is 3.33. The molecule has 0 unspecified atom stereocenters. The molecule has 1 aliphatic rings. The van der Waals surface area contributed by atoms with Gasteiger partial charge in [0.05, 0.1) is 18.0 Å². The molecule has 1 aromatic carbocycles. The molecule has 4 aromatic rings. The van der Waals surface area contributed by atoms with Crippen LogP contribution in [0.3, 0.4) is 0 Å². The van der Waals surface area contributed by atoms with E-state index in [4.69, 9.17) is 4.74 Å². The number of fused-ring (bicyclic) bond motifs is 2. The van der Waals surface area contributed by atoms with Crippen molar-refractivity contribution in [2.45, 2.75) is 6.42 Å². The van der Waals surface area contributed by atoms with Gasteiger partial charge in [-0.15, -0.1) is 0 Å². The van der Waals surface area contributed by atoms with Crippen LogP contribution >= 0.6 is 0 Å². The quantitative estimate of drug-likeness (QED) is 0.580. The zero-order chi connectivity index (χ0) is 17.7. The van der Waals surface area contributed by atoms with Gasteiger partial charge < -0.3 is 9.72 Å². The number of aromatic nitrogens is 4. The van der Waals surface area contributed by atoms with Gasteiger partial charge in [0, 0.05) is 18.7 Å². The molecule has 3 aromatic heterocycles. The molecule has 0 bridgehead atoms. The van der Waals surface area contributed by atoms with E-state index in [2.05, 4.69) is 15.1 Å². The Morgan fingerprint density at radius 2 is 2.04 bits per heavy atom. The van der Waals surface area contributed by atoms with E-state index in [-0.39, 0.29) is 11.1 Å². The number of aromatic amines is 2. The largest absolute Gasteiger partial charge is 0.493 e. The lowest BCUT2D eigenvalue weighted by atomic mass is 10.1. The van der Waals surface area contributed by atoms with E-state index in [9.17, 15) is 9.59 Å². The van der Waals surface area contributed by atoms with E-state index in [1.54, 1.807) is 24.4 Å². The van der Waals surface area contributed by atoms with E-state index >= 15 is 0 Å². The summed E-state index contributed by atoms with van der Waals surface area (Å²) in [5.41, 5.74) is 3.18. The van der Waals surface area contributed by atoms with Crippen molar-refractivity contribution in [3.8, 4) is 28.3 Å².